The molecule has 1 N–H and O–H groups in total. The van der Waals surface area contributed by atoms with Gasteiger partial charge in [0, 0.05) is 48.7 Å². The number of halogens is 2. The number of benzene rings is 1. The third kappa shape index (κ3) is 4.97. The molecule has 0 saturated carbocycles. The van der Waals surface area contributed by atoms with Crippen molar-refractivity contribution in [3.63, 3.8) is 0 Å². The topological polar surface area (TPSA) is 127 Å². The third-order valence-electron chi connectivity index (χ3n) is 5.35. The number of aromatic nitrogens is 5. The van der Waals surface area contributed by atoms with Gasteiger partial charge in [-0.15, -0.1) is 5.10 Å². The first-order valence-electron chi connectivity index (χ1n) is 10.6. The highest BCUT2D eigenvalue weighted by Gasteiger charge is 2.26. The number of pyridine rings is 1. The Morgan fingerprint density at radius 1 is 1.29 bits per heavy atom. The van der Waals surface area contributed by atoms with Gasteiger partial charge in [0.1, 0.15) is 23.8 Å². The molecular weight excluding hydrogens is 523 g/mol. The van der Waals surface area contributed by atoms with Crippen LogP contribution in [-0.4, -0.2) is 30.3 Å². The van der Waals surface area contributed by atoms with Gasteiger partial charge in [-0.2, -0.15) is 9.90 Å². The highest BCUT2D eigenvalue weighted by molar-refractivity contribution is 9.10. The van der Waals surface area contributed by atoms with Gasteiger partial charge in [-0.25, -0.2) is 9.37 Å². The summed E-state index contributed by atoms with van der Waals surface area (Å²) in [6.45, 7) is 4.29. The Kier molecular flexibility index (Phi) is 6.74. The second kappa shape index (κ2) is 9.74. The zero-order valence-corrected chi connectivity index (χ0v) is 20.6. The Labute approximate surface area is 207 Å². The van der Waals surface area contributed by atoms with E-state index in [1.54, 1.807) is 32.4 Å². The lowest BCUT2D eigenvalue weighted by Crippen LogP contribution is -2.25. The van der Waals surface area contributed by atoms with Crippen molar-refractivity contribution in [2.24, 2.45) is 7.05 Å². The van der Waals surface area contributed by atoms with Crippen molar-refractivity contribution < 1.29 is 13.9 Å². The van der Waals surface area contributed by atoms with E-state index in [9.17, 15) is 19.6 Å². The summed E-state index contributed by atoms with van der Waals surface area (Å²) in [6, 6.07) is 7.13. The molecule has 0 aliphatic carbocycles. The number of carbonyl (C=O) groups is 1. The molecule has 0 amide bonds. The van der Waals surface area contributed by atoms with Gasteiger partial charge in [0.05, 0.1) is 4.47 Å². The van der Waals surface area contributed by atoms with Crippen molar-refractivity contribution in [2.75, 3.05) is 0 Å². The molecule has 1 aromatic carbocycles. The van der Waals surface area contributed by atoms with E-state index in [0.29, 0.717) is 27.7 Å². The molecule has 0 aliphatic rings. The lowest BCUT2D eigenvalue weighted by Gasteiger charge is -2.19. The van der Waals surface area contributed by atoms with Crippen molar-refractivity contribution in [1.29, 1.82) is 0 Å². The number of ether oxygens (including phenoxy) is 1. The van der Waals surface area contributed by atoms with E-state index in [-0.39, 0.29) is 28.4 Å². The molecule has 0 saturated heterocycles. The molecule has 0 radical (unpaired) electrons. The number of hydrogen-bond donors (Lipinski definition) is 1. The average molecular weight is 544 g/mol. The summed E-state index contributed by atoms with van der Waals surface area (Å²) in [5, 5.41) is 31.5. The predicted molar refractivity (Wildman–Crippen MR) is 129 cm³/mol. The number of H-pyrrole nitrogens is 1. The predicted octanol–water partition coefficient (Wildman–Crippen LogP) is 3.67. The van der Waals surface area contributed by atoms with Crippen molar-refractivity contribution in [2.45, 2.75) is 26.5 Å². The second-order valence-electron chi connectivity index (χ2n) is 7.73. The maximum absolute atomic E-state index is 14.3. The van der Waals surface area contributed by atoms with Crippen LogP contribution in [0.1, 0.15) is 41.6 Å². The van der Waals surface area contributed by atoms with E-state index in [0.717, 1.165) is 0 Å². The lowest BCUT2D eigenvalue weighted by molar-refractivity contribution is 0.103. The lowest BCUT2D eigenvalue weighted by atomic mass is 9.97. The third-order valence-corrected chi connectivity index (χ3v) is 5.81. The van der Waals surface area contributed by atoms with E-state index < -0.39 is 16.8 Å². The zero-order chi connectivity index (χ0) is 25.3. The maximum atomic E-state index is 14.3. The first-order chi connectivity index (χ1) is 16.7. The standard InChI is InChI=1S/C23H21BrFN6O4/c1-4-30-8-7-14(12-30)22(32)21-20(27-29(3)28-21)17-6-5-16(25)10-18(17)13(2)35-19-9-15(24)11-26-23(19)31(33)34/h5-13H,4H2,1-3H3,(H-,26,27,28,32,33,34)/q-1/t13-/m1/s1. The van der Waals surface area contributed by atoms with Crippen LogP contribution in [0.5, 0.6) is 5.75 Å². The smallest absolute Gasteiger partial charge is 0.323 e. The fourth-order valence-electron chi connectivity index (χ4n) is 3.67. The summed E-state index contributed by atoms with van der Waals surface area (Å²) < 4.78 is 22.6. The van der Waals surface area contributed by atoms with Crippen LogP contribution in [-0.2, 0) is 13.6 Å². The molecule has 0 unspecified atom stereocenters. The summed E-state index contributed by atoms with van der Waals surface area (Å²) in [5.74, 6) is -0.906. The van der Waals surface area contributed by atoms with Crippen LogP contribution in [0.3, 0.4) is 0 Å². The minimum absolute atomic E-state index is 0.0385. The Morgan fingerprint density at radius 2 is 2.06 bits per heavy atom. The van der Waals surface area contributed by atoms with Crippen molar-refractivity contribution in [3.8, 4) is 17.0 Å². The van der Waals surface area contributed by atoms with Crippen molar-refractivity contribution in [1.82, 2.24) is 29.4 Å². The fraction of sp³-hybridized carbons (Fsp3) is 0.217. The number of carbonyl (C=O) groups excluding carboxylic acids is 1. The molecule has 12 heteroatoms. The fourth-order valence-corrected chi connectivity index (χ4v) is 3.99. The summed E-state index contributed by atoms with van der Waals surface area (Å²) in [5.41, 5.74) is 1.22. The highest BCUT2D eigenvalue weighted by Crippen LogP contribution is 2.32. The molecule has 0 fully saturated rings. The summed E-state index contributed by atoms with van der Waals surface area (Å²) >= 11 is 3.26. The molecule has 0 spiro atoms. The van der Waals surface area contributed by atoms with Gasteiger partial charge in [-0.1, -0.05) is 0 Å². The number of aromatic amines is 1. The molecule has 182 valence electrons. The number of ketones is 1. The molecule has 4 aromatic rings. The quantitative estimate of drug-likeness (QED) is 0.280. The van der Waals surface area contributed by atoms with E-state index in [2.05, 4.69) is 31.1 Å². The van der Waals surface area contributed by atoms with Crippen LogP contribution in [0.15, 0.2) is 53.4 Å². The molecule has 0 aliphatic heterocycles. The van der Waals surface area contributed by atoms with E-state index >= 15 is 0 Å². The van der Waals surface area contributed by atoms with Gasteiger partial charge < -0.3 is 19.7 Å². The molecule has 4 rings (SSSR count). The number of hydrogen-bond acceptors (Lipinski definition) is 6. The largest absolute Gasteiger partial charge is 0.712 e. The number of nitrogens with zero attached hydrogens (tertiary/aromatic N) is 5. The molecule has 35 heavy (non-hydrogen) atoms. The minimum Gasteiger partial charge on any atom is -0.712 e. The van der Waals surface area contributed by atoms with Crippen molar-refractivity contribution >= 4 is 21.7 Å². The summed E-state index contributed by atoms with van der Waals surface area (Å²) in [4.78, 5) is 16.5. The summed E-state index contributed by atoms with van der Waals surface area (Å²) in [6.07, 6.45) is 4.09. The second-order valence-corrected chi connectivity index (χ2v) is 8.64. The van der Waals surface area contributed by atoms with E-state index in [4.69, 9.17) is 4.74 Å². The zero-order valence-electron chi connectivity index (χ0n) is 19.0. The van der Waals surface area contributed by atoms with E-state index in [1.807, 2.05) is 11.5 Å². The SMILES string of the molecule is CCn1ccc(C(=O)c2nn(C)nc2-c2ccc(F)cc2[C@@H](C)Oc2cc(Br)c[nH]c2=[N+]([O-])[O-])c1. The molecular formula is C23H21BrFN6O4-. The van der Waals surface area contributed by atoms with Gasteiger partial charge in [-0.3, -0.25) is 9.70 Å². The Morgan fingerprint density at radius 3 is 2.74 bits per heavy atom. The van der Waals surface area contributed by atoms with Crippen LogP contribution in [0.25, 0.3) is 11.3 Å². The molecule has 3 aromatic heterocycles. The average Bonchev–Trinajstić information content (AvgIpc) is 3.45. The first-order valence-corrected chi connectivity index (χ1v) is 11.4. The molecule has 10 nitrogen and oxygen atoms in total. The van der Waals surface area contributed by atoms with Gasteiger partial charge in [-0.05, 0) is 54.0 Å². The normalized spacial score (nSPS) is 11.9. The monoisotopic (exact) mass is 543 g/mol. The van der Waals surface area contributed by atoms with Gasteiger partial charge in [0.2, 0.25) is 11.5 Å². The van der Waals surface area contributed by atoms with Crippen LogP contribution < -0.4 is 15.1 Å². The number of nitrogens with one attached hydrogen (secondary N) is 1. The summed E-state index contributed by atoms with van der Waals surface area (Å²) in [7, 11) is 1.58. The van der Waals surface area contributed by atoms with Gasteiger partial charge in [0.25, 0.3) is 0 Å². The first kappa shape index (κ1) is 24.2. The Balaban J connectivity index is 1.79. The molecule has 3 heterocycles. The minimum atomic E-state index is -0.840. The Hall–Kier alpha value is -3.93. The van der Waals surface area contributed by atoms with Gasteiger partial charge in [0.15, 0.2) is 5.69 Å². The maximum Gasteiger partial charge on any atom is 0.323 e. The Bertz CT molecular complexity index is 1470. The van der Waals surface area contributed by atoms with Gasteiger partial charge >= 0.3 is 5.49 Å². The number of rotatable bonds is 7. The van der Waals surface area contributed by atoms with E-state index in [1.165, 1.54) is 35.3 Å². The molecule has 0 bridgehead atoms. The number of aryl methyl sites for hydroxylation is 2. The van der Waals surface area contributed by atoms with Crippen LogP contribution in [0, 0.1) is 16.2 Å². The van der Waals surface area contributed by atoms with Crippen molar-refractivity contribution in [3.05, 3.63) is 91.9 Å². The van der Waals surface area contributed by atoms with Crippen LogP contribution in [0.4, 0.5) is 4.39 Å². The highest BCUT2D eigenvalue weighted by atomic mass is 79.9. The van der Waals surface area contributed by atoms with Crippen LogP contribution in [0.2, 0.25) is 0 Å². The van der Waals surface area contributed by atoms with Crippen LogP contribution >= 0.6 is 15.9 Å². The molecule has 1 atom stereocenters.